The van der Waals surface area contributed by atoms with E-state index in [0.29, 0.717) is 5.91 Å². The molecule has 1 heterocycles. The van der Waals surface area contributed by atoms with E-state index in [1.807, 2.05) is 35.2 Å². The van der Waals surface area contributed by atoms with Gasteiger partial charge in [-0.05, 0) is 31.4 Å². The summed E-state index contributed by atoms with van der Waals surface area (Å²) in [6, 6.07) is 10.0. The quantitative estimate of drug-likeness (QED) is 0.744. The Kier molecular flexibility index (Phi) is 3.60. The number of carbonyl (C=O) groups excluding carboxylic acids is 1. The first-order chi connectivity index (χ1) is 7.83. The number of benzene rings is 1. The van der Waals surface area contributed by atoms with Gasteiger partial charge in [-0.15, -0.1) is 0 Å². The molecule has 1 aliphatic heterocycles. The van der Waals surface area contributed by atoms with Crippen molar-refractivity contribution < 1.29 is 4.79 Å². The van der Waals surface area contributed by atoms with Gasteiger partial charge in [0.05, 0.1) is 0 Å². The molecule has 0 N–H and O–H groups in total. The van der Waals surface area contributed by atoms with Gasteiger partial charge < -0.3 is 4.90 Å². The maximum atomic E-state index is 12.3. The number of hydrogen-bond donors (Lipinski definition) is 0. The van der Waals surface area contributed by atoms with Crippen molar-refractivity contribution in [3.05, 3.63) is 30.3 Å². The predicted molar refractivity (Wildman–Crippen MR) is 66.4 cm³/mol. The summed E-state index contributed by atoms with van der Waals surface area (Å²) in [6.07, 6.45) is 4.31. The van der Waals surface area contributed by atoms with E-state index in [4.69, 9.17) is 0 Å². The molecule has 0 aliphatic carbocycles. The summed E-state index contributed by atoms with van der Waals surface area (Å²) in [5, 5.41) is 0. The van der Waals surface area contributed by atoms with Crippen molar-refractivity contribution in [3.63, 3.8) is 0 Å². The Morgan fingerprint density at radius 1 is 1.25 bits per heavy atom. The van der Waals surface area contributed by atoms with Crippen LogP contribution in [-0.2, 0) is 4.79 Å². The molecule has 1 amide bonds. The van der Waals surface area contributed by atoms with Gasteiger partial charge in [-0.3, -0.25) is 4.79 Å². The van der Waals surface area contributed by atoms with Crippen LogP contribution in [-0.4, -0.2) is 12.5 Å². The van der Waals surface area contributed by atoms with E-state index in [1.54, 1.807) is 0 Å². The molecule has 2 heteroatoms. The van der Waals surface area contributed by atoms with Gasteiger partial charge >= 0.3 is 0 Å². The molecule has 1 saturated heterocycles. The van der Waals surface area contributed by atoms with Crippen molar-refractivity contribution in [2.45, 2.75) is 32.6 Å². The number of anilines is 1. The highest BCUT2D eigenvalue weighted by Gasteiger charge is 2.26. The zero-order chi connectivity index (χ0) is 11.4. The van der Waals surface area contributed by atoms with Crippen molar-refractivity contribution >= 4 is 11.6 Å². The molecule has 0 spiro atoms. The fraction of sp³-hybridized carbons (Fsp3) is 0.500. The maximum absolute atomic E-state index is 12.3. The normalized spacial score (nSPS) is 21.9. The Hall–Kier alpha value is -1.31. The zero-order valence-electron chi connectivity index (χ0n) is 9.86. The van der Waals surface area contributed by atoms with Gasteiger partial charge in [0.1, 0.15) is 0 Å². The van der Waals surface area contributed by atoms with Crippen molar-refractivity contribution in [3.8, 4) is 0 Å². The van der Waals surface area contributed by atoms with Gasteiger partial charge in [-0.2, -0.15) is 0 Å². The van der Waals surface area contributed by atoms with Crippen molar-refractivity contribution in [2.24, 2.45) is 5.92 Å². The van der Waals surface area contributed by atoms with E-state index in [9.17, 15) is 4.79 Å². The molecular weight excluding hydrogens is 198 g/mol. The Morgan fingerprint density at radius 2 is 2.00 bits per heavy atom. The second kappa shape index (κ2) is 5.15. The van der Waals surface area contributed by atoms with Gasteiger partial charge in [0.25, 0.3) is 0 Å². The van der Waals surface area contributed by atoms with Gasteiger partial charge in [0.2, 0.25) is 5.91 Å². The molecule has 16 heavy (non-hydrogen) atoms. The molecule has 1 unspecified atom stereocenters. The summed E-state index contributed by atoms with van der Waals surface area (Å²) in [4.78, 5) is 14.3. The highest BCUT2D eigenvalue weighted by atomic mass is 16.2. The third-order valence-electron chi connectivity index (χ3n) is 3.36. The standard InChI is InChI=1S/C14H19NO/c1-2-12-8-6-7-11-15(14(12)16)13-9-4-3-5-10-13/h3-5,9-10,12H,2,6-8,11H2,1H3. The summed E-state index contributed by atoms with van der Waals surface area (Å²) in [5.74, 6) is 0.536. The summed E-state index contributed by atoms with van der Waals surface area (Å²) < 4.78 is 0. The number of para-hydroxylation sites is 1. The lowest BCUT2D eigenvalue weighted by Crippen LogP contribution is -2.34. The molecule has 1 atom stereocenters. The van der Waals surface area contributed by atoms with Crippen molar-refractivity contribution in [1.29, 1.82) is 0 Å². The molecule has 2 nitrogen and oxygen atoms in total. The fourth-order valence-corrected chi connectivity index (χ4v) is 2.36. The van der Waals surface area contributed by atoms with Gasteiger partial charge in [-0.1, -0.05) is 31.5 Å². The van der Waals surface area contributed by atoms with Crippen LogP contribution in [0.5, 0.6) is 0 Å². The van der Waals surface area contributed by atoms with Crippen LogP contribution in [0.3, 0.4) is 0 Å². The third-order valence-corrected chi connectivity index (χ3v) is 3.36. The minimum atomic E-state index is 0.225. The van der Waals surface area contributed by atoms with Crippen LogP contribution in [0.2, 0.25) is 0 Å². The van der Waals surface area contributed by atoms with Crippen LogP contribution in [0.4, 0.5) is 5.69 Å². The van der Waals surface area contributed by atoms with Crippen LogP contribution in [0.1, 0.15) is 32.6 Å². The SMILES string of the molecule is CCC1CCCCN(c2ccccc2)C1=O. The Labute approximate surface area is 97.3 Å². The zero-order valence-corrected chi connectivity index (χ0v) is 9.86. The first kappa shape index (κ1) is 11.2. The number of hydrogen-bond acceptors (Lipinski definition) is 1. The molecule has 0 saturated carbocycles. The average molecular weight is 217 g/mol. The van der Waals surface area contributed by atoms with Crippen LogP contribution in [0, 0.1) is 5.92 Å². The number of nitrogens with zero attached hydrogens (tertiary/aromatic N) is 1. The smallest absolute Gasteiger partial charge is 0.230 e. The molecule has 1 aromatic carbocycles. The molecule has 1 fully saturated rings. The lowest BCUT2D eigenvalue weighted by Gasteiger charge is -2.23. The minimum absolute atomic E-state index is 0.225. The number of amides is 1. The summed E-state index contributed by atoms with van der Waals surface area (Å²) in [6.45, 7) is 2.98. The molecule has 0 bridgehead atoms. The van der Waals surface area contributed by atoms with E-state index in [1.165, 1.54) is 6.42 Å². The van der Waals surface area contributed by atoms with Gasteiger partial charge in [0, 0.05) is 18.2 Å². The van der Waals surface area contributed by atoms with Crippen molar-refractivity contribution in [2.75, 3.05) is 11.4 Å². The molecule has 0 aromatic heterocycles. The molecule has 86 valence electrons. The Morgan fingerprint density at radius 3 is 2.69 bits per heavy atom. The van der Waals surface area contributed by atoms with Crippen molar-refractivity contribution in [1.82, 2.24) is 0 Å². The van der Waals surface area contributed by atoms with E-state index in [2.05, 4.69) is 6.92 Å². The number of carbonyl (C=O) groups is 1. The number of rotatable bonds is 2. The van der Waals surface area contributed by atoms with E-state index >= 15 is 0 Å². The minimum Gasteiger partial charge on any atom is -0.312 e. The topological polar surface area (TPSA) is 20.3 Å². The predicted octanol–water partition coefficient (Wildman–Crippen LogP) is 3.23. The molecular formula is C14H19NO. The molecule has 2 rings (SSSR count). The van der Waals surface area contributed by atoms with Gasteiger partial charge in [0.15, 0.2) is 0 Å². The second-order valence-electron chi connectivity index (χ2n) is 4.43. The lowest BCUT2D eigenvalue weighted by atomic mass is 10.00. The fourth-order valence-electron chi connectivity index (χ4n) is 2.36. The van der Waals surface area contributed by atoms with Crippen LogP contribution in [0.25, 0.3) is 0 Å². The van der Waals surface area contributed by atoms with Gasteiger partial charge in [-0.25, -0.2) is 0 Å². The largest absolute Gasteiger partial charge is 0.312 e. The molecule has 1 aromatic rings. The first-order valence-corrected chi connectivity index (χ1v) is 6.19. The Bertz CT molecular complexity index is 347. The monoisotopic (exact) mass is 217 g/mol. The van der Waals surface area contributed by atoms with Crippen LogP contribution >= 0.6 is 0 Å². The highest BCUT2D eigenvalue weighted by Crippen LogP contribution is 2.25. The molecule has 0 radical (unpaired) electrons. The Balaban J connectivity index is 2.22. The van der Waals surface area contributed by atoms with E-state index in [0.717, 1.165) is 31.5 Å². The highest BCUT2D eigenvalue weighted by molar-refractivity contribution is 5.95. The van der Waals surface area contributed by atoms with Crippen LogP contribution < -0.4 is 4.90 Å². The summed E-state index contributed by atoms with van der Waals surface area (Å²) >= 11 is 0. The molecule has 1 aliphatic rings. The summed E-state index contributed by atoms with van der Waals surface area (Å²) in [7, 11) is 0. The van der Waals surface area contributed by atoms with Crippen LogP contribution in [0.15, 0.2) is 30.3 Å². The maximum Gasteiger partial charge on any atom is 0.230 e. The lowest BCUT2D eigenvalue weighted by molar-refractivity contribution is -0.122. The summed E-state index contributed by atoms with van der Waals surface area (Å²) in [5.41, 5.74) is 1.05. The third kappa shape index (κ3) is 2.26. The van der Waals surface area contributed by atoms with E-state index < -0.39 is 0 Å². The average Bonchev–Trinajstić information content (AvgIpc) is 2.52. The first-order valence-electron chi connectivity index (χ1n) is 6.19. The van der Waals surface area contributed by atoms with E-state index in [-0.39, 0.29) is 5.92 Å². The second-order valence-corrected chi connectivity index (χ2v) is 4.43.